The summed E-state index contributed by atoms with van der Waals surface area (Å²) in [6.45, 7) is 0. The summed E-state index contributed by atoms with van der Waals surface area (Å²) < 4.78 is 5.05. The number of hydrogen-bond donors (Lipinski definition) is 0. The van der Waals surface area contributed by atoms with E-state index in [0.29, 0.717) is 4.47 Å². The Balaban J connectivity index is 3.15. The summed E-state index contributed by atoms with van der Waals surface area (Å²) in [7, 11) is 0. The Kier molecular flexibility index (Phi) is 1.31. The SMILES string of the molecule is N#Cc1oncc1Br. The number of hydrogen-bond acceptors (Lipinski definition) is 3. The van der Waals surface area contributed by atoms with Gasteiger partial charge in [0.15, 0.2) is 0 Å². The minimum absolute atomic E-state index is 0.213. The van der Waals surface area contributed by atoms with Gasteiger partial charge in [-0.25, -0.2) is 0 Å². The maximum Gasteiger partial charge on any atom is 0.250 e. The molecule has 0 atom stereocenters. The van der Waals surface area contributed by atoms with Crippen LogP contribution in [-0.4, -0.2) is 5.16 Å². The third kappa shape index (κ3) is 0.724. The van der Waals surface area contributed by atoms with Gasteiger partial charge in [0.2, 0.25) is 5.76 Å². The fourth-order valence-electron chi connectivity index (χ4n) is 0.301. The molecule has 1 heterocycles. The Morgan fingerprint density at radius 2 is 2.62 bits per heavy atom. The molecule has 3 nitrogen and oxygen atoms in total. The molecule has 0 bridgehead atoms. The highest BCUT2D eigenvalue weighted by Gasteiger charge is 1.99. The lowest BCUT2D eigenvalue weighted by Gasteiger charge is -1.70. The lowest BCUT2D eigenvalue weighted by Crippen LogP contribution is -1.61. The van der Waals surface area contributed by atoms with Crippen LogP contribution in [0.3, 0.4) is 0 Å². The molecule has 0 aromatic carbocycles. The Hall–Kier alpha value is -0.820. The second kappa shape index (κ2) is 1.97. The van der Waals surface area contributed by atoms with Crippen LogP contribution in [-0.2, 0) is 0 Å². The maximum absolute atomic E-state index is 8.19. The van der Waals surface area contributed by atoms with Crippen molar-refractivity contribution < 1.29 is 4.52 Å². The highest BCUT2D eigenvalue weighted by Crippen LogP contribution is 2.12. The monoisotopic (exact) mass is 172 g/mol. The molecular formula is C4HBrN2O. The van der Waals surface area contributed by atoms with E-state index in [1.54, 1.807) is 6.07 Å². The molecule has 0 amide bonds. The van der Waals surface area contributed by atoms with Crippen molar-refractivity contribution in [1.82, 2.24) is 5.16 Å². The number of nitrogens with zero attached hydrogens (tertiary/aromatic N) is 2. The van der Waals surface area contributed by atoms with Gasteiger partial charge in [0, 0.05) is 0 Å². The minimum Gasteiger partial charge on any atom is -0.344 e. The molecular weight excluding hydrogens is 172 g/mol. The predicted molar refractivity (Wildman–Crippen MR) is 28.9 cm³/mol. The first-order valence-electron chi connectivity index (χ1n) is 1.85. The van der Waals surface area contributed by atoms with Crippen molar-refractivity contribution in [2.75, 3.05) is 0 Å². The predicted octanol–water partition coefficient (Wildman–Crippen LogP) is 1.31. The topological polar surface area (TPSA) is 49.8 Å². The fourth-order valence-corrected chi connectivity index (χ4v) is 0.546. The molecule has 1 aromatic heterocycles. The molecule has 0 N–H and O–H groups in total. The van der Waals surface area contributed by atoms with E-state index in [-0.39, 0.29) is 5.76 Å². The first kappa shape index (κ1) is 5.32. The maximum atomic E-state index is 8.19. The van der Waals surface area contributed by atoms with Crippen LogP contribution in [0.25, 0.3) is 0 Å². The van der Waals surface area contributed by atoms with E-state index >= 15 is 0 Å². The highest BCUT2D eigenvalue weighted by molar-refractivity contribution is 9.10. The van der Waals surface area contributed by atoms with E-state index in [2.05, 4.69) is 25.6 Å². The lowest BCUT2D eigenvalue weighted by molar-refractivity contribution is 0.409. The first-order chi connectivity index (χ1) is 3.84. The van der Waals surface area contributed by atoms with Gasteiger partial charge < -0.3 is 4.52 Å². The third-order valence-corrected chi connectivity index (χ3v) is 1.19. The van der Waals surface area contributed by atoms with E-state index in [0.717, 1.165) is 0 Å². The van der Waals surface area contributed by atoms with Gasteiger partial charge in [-0.2, -0.15) is 5.26 Å². The van der Waals surface area contributed by atoms with Crippen LogP contribution >= 0.6 is 15.9 Å². The van der Waals surface area contributed by atoms with Crippen LogP contribution in [0.4, 0.5) is 0 Å². The average Bonchev–Trinajstić information content (AvgIpc) is 2.14. The summed E-state index contributed by atoms with van der Waals surface area (Å²) in [5.74, 6) is 0.213. The van der Waals surface area contributed by atoms with E-state index in [1.165, 1.54) is 6.20 Å². The second-order valence-electron chi connectivity index (χ2n) is 1.11. The number of halogens is 1. The van der Waals surface area contributed by atoms with Gasteiger partial charge in [0.05, 0.1) is 10.7 Å². The smallest absolute Gasteiger partial charge is 0.250 e. The van der Waals surface area contributed by atoms with Crippen molar-refractivity contribution in [3.63, 3.8) is 0 Å². The average molecular weight is 173 g/mol. The molecule has 0 spiro atoms. The molecule has 0 aliphatic carbocycles. The number of aromatic nitrogens is 1. The van der Waals surface area contributed by atoms with Gasteiger partial charge >= 0.3 is 0 Å². The molecule has 0 fully saturated rings. The quantitative estimate of drug-likeness (QED) is 0.594. The fraction of sp³-hybridized carbons (Fsp3) is 0. The third-order valence-electron chi connectivity index (χ3n) is 0.629. The minimum atomic E-state index is 0.213. The van der Waals surface area contributed by atoms with Crippen molar-refractivity contribution in [3.05, 3.63) is 16.4 Å². The zero-order valence-electron chi connectivity index (χ0n) is 3.76. The standard InChI is InChI=1S/C4HBrN2O/c5-3-2-7-8-4(3)1-6/h2H. The highest BCUT2D eigenvalue weighted by atomic mass is 79.9. The van der Waals surface area contributed by atoms with Gasteiger partial charge in [0.1, 0.15) is 6.07 Å². The van der Waals surface area contributed by atoms with Crippen LogP contribution in [0.5, 0.6) is 0 Å². The van der Waals surface area contributed by atoms with Crippen molar-refractivity contribution in [2.45, 2.75) is 0 Å². The lowest BCUT2D eigenvalue weighted by atomic mass is 10.5. The summed E-state index contributed by atoms with van der Waals surface area (Å²) >= 11 is 3.05. The van der Waals surface area contributed by atoms with E-state index < -0.39 is 0 Å². The molecule has 0 saturated carbocycles. The molecule has 4 heteroatoms. The van der Waals surface area contributed by atoms with Gasteiger partial charge in [-0.1, -0.05) is 5.16 Å². The van der Waals surface area contributed by atoms with Crippen LogP contribution < -0.4 is 0 Å². The van der Waals surface area contributed by atoms with Crippen molar-refractivity contribution in [1.29, 1.82) is 5.26 Å². The largest absolute Gasteiger partial charge is 0.344 e. The molecule has 0 radical (unpaired) electrons. The van der Waals surface area contributed by atoms with Gasteiger partial charge in [-0.15, -0.1) is 0 Å². The first-order valence-corrected chi connectivity index (χ1v) is 2.64. The molecule has 0 aliphatic rings. The molecule has 40 valence electrons. The van der Waals surface area contributed by atoms with Gasteiger partial charge in [-0.3, -0.25) is 0 Å². The molecule has 0 unspecified atom stereocenters. The van der Waals surface area contributed by atoms with Crippen molar-refractivity contribution >= 4 is 15.9 Å². The second-order valence-corrected chi connectivity index (χ2v) is 1.97. The van der Waals surface area contributed by atoms with Crippen LogP contribution in [0.1, 0.15) is 5.76 Å². The van der Waals surface area contributed by atoms with Crippen molar-refractivity contribution in [3.8, 4) is 6.07 Å². The Labute approximate surface area is 54.0 Å². The van der Waals surface area contributed by atoms with Crippen molar-refractivity contribution in [2.24, 2.45) is 0 Å². The van der Waals surface area contributed by atoms with Gasteiger partial charge in [0.25, 0.3) is 0 Å². The summed E-state index contributed by atoms with van der Waals surface area (Å²) in [6.07, 6.45) is 1.43. The molecule has 0 saturated heterocycles. The Morgan fingerprint density at radius 3 is 2.88 bits per heavy atom. The Bertz CT molecular complexity index is 224. The number of rotatable bonds is 0. The summed E-state index contributed by atoms with van der Waals surface area (Å²) in [5.41, 5.74) is 0. The Morgan fingerprint density at radius 1 is 1.88 bits per heavy atom. The molecule has 8 heavy (non-hydrogen) atoms. The van der Waals surface area contributed by atoms with Crippen LogP contribution in [0, 0.1) is 11.3 Å². The van der Waals surface area contributed by atoms with Gasteiger partial charge in [-0.05, 0) is 15.9 Å². The van der Waals surface area contributed by atoms with E-state index in [1.807, 2.05) is 0 Å². The van der Waals surface area contributed by atoms with E-state index in [9.17, 15) is 0 Å². The molecule has 0 aliphatic heterocycles. The summed E-state index contributed by atoms with van der Waals surface area (Å²) in [5, 5.41) is 11.5. The van der Waals surface area contributed by atoms with E-state index in [4.69, 9.17) is 5.26 Å². The zero-order valence-corrected chi connectivity index (χ0v) is 5.34. The summed E-state index contributed by atoms with van der Waals surface area (Å²) in [4.78, 5) is 0. The van der Waals surface area contributed by atoms with Crippen LogP contribution in [0.2, 0.25) is 0 Å². The van der Waals surface area contributed by atoms with Crippen LogP contribution in [0.15, 0.2) is 15.2 Å². The molecule has 1 rings (SSSR count). The normalized spacial score (nSPS) is 8.50. The zero-order chi connectivity index (χ0) is 5.98. The number of nitriles is 1. The summed E-state index contributed by atoms with van der Waals surface area (Å²) in [6, 6.07) is 1.80. The molecule has 1 aromatic rings.